The van der Waals surface area contributed by atoms with Crippen LogP contribution in [-0.4, -0.2) is 21.9 Å². The van der Waals surface area contributed by atoms with Crippen molar-refractivity contribution >= 4 is 5.95 Å². The Labute approximate surface area is 87.5 Å². The SMILES string of the molecule is COc1nc(N)n(-c2ccccc2C)n1. The Morgan fingerprint density at radius 2 is 2.07 bits per heavy atom. The molecule has 2 N–H and O–H groups in total. The summed E-state index contributed by atoms with van der Waals surface area (Å²) in [5.74, 6) is 0.321. The fraction of sp³-hybridized carbons (Fsp3) is 0.200. The van der Waals surface area contributed by atoms with E-state index in [0.717, 1.165) is 11.3 Å². The zero-order valence-electron chi connectivity index (χ0n) is 8.64. The van der Waals surface area contributed by atoms with Gasteiger partial charge in [-0.3, -0.25) is 0 Å². The standard InChI is InChI=1S/C10H12N4O/c1-7-5-3-4-6-8(7)14-9(11)12-10(13-14)15-2/h3-6H,1-2H3,(H2,11,12,13). The van der Waals surface area contributed by atoms with Crippen molar-refractivity contribution in [2.24, 2.45) is 0 Å². The molecule has 0 spiro atoms. The number of nitrogen functional groups attached to an aromatic ring is 1. The quantitative estimate of drug-likeness (QED) is 0.797. The first-order chi connectivity index (χ1) is 7.22. The Morgan fingerprint density at radius 3 is 2.67 bits per heavy atom. The number of aromatic nitrogens is 3. The number of ether oxygens (including phenoxy) is 1. The minimum absolute atomic E-state index is 0.274. The largest absolute Gasteiger partial charge is 0.466 e. The lowest BCUT2D eigenvalue weighted by molar-refractivity contribution is 0.380. The third kappa shape index (κ3) is 1.63. The predicted octanol–water partition coefficient (Wildman–Crippen LogP) is 1.17. The minimum atomic E-state index is 0.274. The molecular formula is C10H12N4O. The van der Waals surface area contributed by atoms with E-state index in [4.69, 9.17) is 10.5 Å². The van der Waals surface area contributed by atoms with Crippen LogP contribution in [0.15, 0.2) is 24.3 Å². The second-order valence-electron chi connectivity index (χ2n) is 3.15. The van der Waals surface area contributed by atoms with Crippen molar-refractivity contribution in [3.05, 3.63) is 29.8 Å². The number of para-hydroxylation sites is 1. The highest BCUT2D eigenvalue weighted by molar-refractivity contribution is 5.43. The summed E-state index contributed by atoms with van der Waals surface area (Å²) >= 11 is 0. The van der Waals surface area contributed by atoms with E-state index in [9.17, 15) is 0 Å². The van der Waals surface area contributed by atoms with E-state index in [1.807, 2.05) is 31.2 Å². The number of rotatable bonds is 2. The average Bonchev–Trinajstić information content (AvgIpc) is 2.60. The van der Waals surface area contributed by atoms with Gasteiger partial charge in [0.25, 0.3) is 0 Å². The molecule has 0 aliphatic heterocycles. The highest BCUT2D eigenvalue weighted by atomic mass is 16.5. The first-order valence-corrected chi connectivity index (χ1v) is 4.55. The Kier molecular flexibility index (Phi) is 2.29. The van der Waals surface area contributed by atoms with E-state index in [2.05, 4.69) is 10.1 Å². The van der Waals surface area contributed by atoms with Crippen LogP contribution in [-0.2, 0) is 0 Å². The molecule has 0 bridgehead atoms. The van der Waals surface area contributed by atoms with E-state index in [1.165, 1.54) is 7.11 Å². The van der Waals surface area contributed by atoms with Crippen molar-refractivity contribution in [3.8, 4) is 11.7 Å². The van der Waals surface area contributed by atoms with Crippen molar-refractivity contribution < 1.29 is 4.74 Å². The van der Waals surface area contributed by atoms with Crippen LogP contribution >= 0.6 is 0 Å². The molecule has 0 aliphatic carbocycles. The number of hydrogen-bond acceptors (Lipinski definition) is 4. The fourth-order valence-corrected chi connectivity index (χ4v) is 1.37. The highest BCUT2D eigenvalue weighted by Crippen LogP contribution is 2.17. The minimum Gasteiger partial charge on any atom is -0.466 e. The first kappa shape index (κ1) is 9.51. The molecule has 5 nitrogen and oxygen atoms in total. The monoisotopic (exact) mass is 204 g/mol. The van der Waals surface area contributed by atoms with Gasteiger partial charge in [-0.1, -0.05) is 18.2 Å². The Hall–Kier alpha value is -2.04. The third-order valence-corrected chi connectivity index (χ3v) is 2.14. The summed E-state index contributed by atoms with van der Waals surface area (Å²) in [7, 11) is 1.51. The Bertz CT molecular complexity index is 478. The normalized spacial score (nSPS) is 10.3. The van der Waals surface area contributed by atoms with Gasteiger partial charge in [0.1, 0.15) is 0 Å². The van der Waals surface area contributed by atoms with Gasteiger partial charge >= 0.3 is 6.01 Å². The van der Waals surface area contributed by atoms with Crippen molar-refractivity contribution in [2.45, 2.75) is 6.92 Å². The molecule has 0 saturated heterocycles. The molecule has 0 atom stereocenters. The first-order valence-electron chi connectivity index (χ1n) is 4.55. The maximum atomic E-state index is 5.73. The van der Waals surface area contributed by atoms with E-state index < -0.39 is 0 Å². The summed E-state index contributed by atoms with van der Waals surface area (Å²) in [5, 5.41) is 4.12. The number of methoxy groups -OCH3 is 1. The lowest BCUT2D eigenvalue weighted by atomic mass is 10.2. The van der Waals surface area contributed by atoms with Crippen LogP contribution in [0.1, 0.15) is 5.56 Å². The van der Waals surface area contributed by atoms with Crippen molar-refractivity contribution in [1.29, 1.82) is 0 Å². The molecular weight excluding hydrogens is 192 g/mol. The number of benzene rings is 1. The summed E-state index contributed by atoms with van der Waals surface area (Å²) in [6.45, 7) is 1.99. The number of hydrogen-bond donors (Lipinski definition) is 1. The molecule has 0 saturated carbocycles. The molecule has 78 valence electrons. The van der Waals surface area contributed by atoms with E-state index >= 15 is 0 Å². The van der Waals surface area contributed by atoms with Gasteiger partial charge < -0.3 is 10.5 Å². The molecule has 0 aliphatic rings. The molecule has 2 aromatic rings. The van der Waals surface area contributed by atoms with Gasteiger partial charge in [0.05, 0.1) is 12.8 Å². The maximum Gasteiger partial charge on any atom is 0.337 e. The number of nitrogens with two attached hydrogens (primary N) is 1. The van der Waals surface area contributed by atoms with Crippen LogP contribution in [0.25, 0.3) is 5.69 Å². The Morgan fingerprint density at radius 1 is 1.33 bits per heavy atom. The lowest BCUT2D eigenvalue weighted by Gasteiger charge is -2.04. The molecule has 1 aromatic heterocycles. The molecule has 0 unspecified atom stereocenters. The molecule has 1 aromatic carbocycles. The topological polar surface area (TPSA) is 66.0 Å². The summed E-state index contributed by atoms with van der Waals surface area (Å²) in [6, 6.07) is 8.08. The van der Waals surface area contributed by atoms with Gasteiger partial charge in [-0.05, 0) is 18.6 Å². The second kappa shape index (κ2) is 3.61. The van der Waals surface area contributed by atoms with E-state index in [-0.39, 0.29) is 6.01 Å². The van der Waals surface area contributed by atoms with Gasteiger partial charge in [-0.2, -0.15) is 9.67 Å². The molecule has 0 radical (unpaired) electrons. The van der Waals surface area contributed by atoms with Gasteiger partial charge in [0.15, 0.2) is 0 Å². The number of aryl methyl sites for hydroxylation is 1. The van der Waals surface area contributed by atoms with Crippen LogP contribution in [0, 0.1) is 6.92 Å². The molecule has 0 amide bonds. The Balaban J connectivity index is 2.54. The van der Waals surface area contributed by atoms with Gasteiger partial charge in [0.2, 0.25) is 5.95 Å². The third-order valence-electron chi connectivity index (χ3n) is 2.14. The molecule has 5 heteroatoms. The van der Waals surface area contributed by atoms with Crippen LogP contribution in [0.3, 0.4) is 0 Å². The number of anilines is 1. The predicted molar refractivity (Wildman–Crippen MR) is 57.1 cm³/mol. The zero-order chi connectivity index (χ0) is 10.8. The van der Waals surface area contributed by atoms with E-state index in [1.54, 1.807) is 4.68 Å². The van der Waals surface area contributed by atoms with Gasteiger partial charge in [-0.15, -0.1) is 5.10 Å². The highest BCUT2D eigenvalue weighted by Gasteiger charge is 2.09. The lowest BCUT2D eigenvalue weighted by Crippen LogP contribution is -2.03. The number of nitrogens with zero attached hydrogens (tertiary/aromatic N) is 3. The van der Waals surface area contributed by atoms with Crippen LogP contribution in [0.5, 0.6) is 6.01 Å². The summed E-state index contributed by atoms with van der Waals surface area (Å²) < 4.78 is 6.48. The summed E-state index contributed by atoms with van der Waals surface area (Å²) in [6.07, 6.45) is 0. The van der Waals surface area contributed by atoms with Gasteiger partial charge in [-0.25, -0.2) is 0 Å². The maximum absolute atomic E-state index is 5.73. The van der Waals surface area contributed by atoms with E-state index in [0.29, 0.717) is 5.95 Å². The average molecular weight is 204 g/mol. The fourth-order valence-electron chi connectivity index (χ4n) is 1.37. The zero-order valence-corrected chi connectivity index (χ0v) is 8.64. The molecule has 1 heterocycles. The van der Waals surface area contributed by atoms with Gasteiger partial charge in [0, 0.05) is 0 Å². The summed E-state index contributed by atoms with van der Waals surface area (Å²) in [5.41, 5.74) is 7.72. The molecule has 0 fully saturated rings. The van der Waals surface area contributed by atoms with Crippen LogP contribution < -0.4 is 10.5 Å². The van der Waals surface area contributed by atoms with Crippen molar-refractivity contribution in [1.82, 2.24) is 14.8 Å². The summed E-state index contributed by atoms with van der Waals surface area (Å²) in [4.78, 5) is 3.95. The molecule has 2 rings (SSSR count). The molecule has 15 heavy (non-hydrogen) atoms. The van der Waals surface area contributed by atoms with Crippen LogP contribution in [0.4, 0.5) is 5.95 Å². The van der Waals surface area contributed by atoms with Crippen molar-refractivity contribution in [2.75, 3.05) is 12.8 Å². The van der Waals surface area contributed by atoms with Crippen molar-refractivity contribution in [3.63, 3.8) is 0 Å². The second-order valence-corrected chi connectivity index (χ2v) is 3.15. The smallest absolute Gasteiger partial charge is 0.337 e. The van der Waals surface area contributed by atoms with Crippen LogP contribution in [0.2, 0.25) is 0 Å².